The highest BCUT2D eigenvalue weighted by molar-refractivity contribution is 5.15. The van der Waals surface area contributed by atoms with Crippen LogP contribution >= 0.6 is 0 Å². The second kappa shape index (κ2) is 3.69. The standard InChI is InChI=1S/C11H18O2/c1-4-6-11(12)7-8-13-10(3,5-2)9-11/h12H,5,7-9H2,1-3H3. The molecule has 2 unspecified atom stereocenters. The van der Waals surface area contributed by atoms with E-state index in [2.05, 4.69) is 18.8 Å². The van der Waals surface area contributed by atoms with E-state index in [-0.39, 0.29) is 5.60 Å². The third-order valence-corrected chi connectivity index (χ3v) is 2.74. The number of hydrogen-bond donors (Lipinski definition) is 1. The van der Waals surface area contributed by atoms with E-state index >= 15 is 0 Å². The molecule has 2 atom stereocenters. The number of hydrogen-bond acceptors (Lipinski definition) is 2. The molecule has 0 spiro atoms. The van der Waals surface area contributed by atoms with Crippen molar-refractivity contribution in [2.45, 2.75) is 51.2 Å². The van der Waals surface area contributed by atoms with Crippen molar-refractivity contribution in [1.82, 2.24) is 0 Å². The van der Waals surface area contributed by atoms with Crippen LogP contribution in [0.4, 0.5) is 0 Å². The van der Waals surface area contributed by atoms with Crippen molar-refractivity contribution in [3.8, 4) is 11.8 Å². The smallest absolute Gasteiger partial charge is 0.130 e. The third kappa shape index (κ3) is 2.46. The van der Waals surface area contributed by atoms with E-state index in [1.165, 1.54) is 0 Å². The fourth-order valence-corrected chi connectivity index (χ4v) is 1.79. The molecule has 0 radical (unpaired) electrons. The van der Waals surface area contributed by atoms with Crippen molar-refractivity contribution in [2.75, 3.05) is 6.61 Å². The Morgan fingerprint density at radius 3 is 2.77 bits per heavy atom. The van der Waals surface area contributed by atoms with Gasteiger partial charge in [-0.05, 0) is 20.3 Å². The second-order valence-electron chi connectivity index (χ2n) is 3.99. The quantitative estimate of drug-likeness (QED) is 0.626. The molecule has 1 fully saturated rings. The molecule has 0 aromatic carbocycles. The minimum atomic E-state index is -0.822. The summed E-state index contributed by atoms with van der Waals surface area (Å²) >= 11 is 0. The summed E-state index contributed by atoms with van der Waals surface area (Å²) < 4.78 is 5.63. The van der Waals surface area contributed by atoms with Gasteiger partial charge in [0.15, 0.2) is 0 Å². The van der Waals surface area contributed by atoms with Gasteiger partial charge in [0.05, 0.1) is 12.2 Å². The zero-order valence-electron chi connectivity index (χ0n) is 8.68. The molecule has 0 aromatic heterocycles. The first-order valence-electron chi connectivity index (χ1n) is 4.84. The van der Waals surface area contributed by atoms with Crippen molar-refractivity contribution in [3.05, 3.63) is 0 Å². The summed E-state index contributed by atoms with van der Waals surface area (Å²) in [6.45, 7) is 6.48. The van der Waals surface area contributed by atoms with E-state index in [0.717, 1.165) is 6.42 Å². The van der Waals surface area contributed by atoms with Gasteiger partial charge in [0, 0.05) is 12.8 Å². The van der Waals surface area contributed by atoms with Crippen LogP contribution in [0.3, 0.4) is 0 Å². The van der Waals surface area contributed by atoms with Crippen molar-refractivity contribution in [2.24, 2.45) is 0 Å². The lowest BCUT2D eigenvalue weighted by molar-refractivity contribution is -0.131. The topological polar surface area (TPSA) is 29.5 Å². The Hall–Kier alpha value is -0.520. The first kappa shape index (κ1) is 10.6. The van der Waals surface area contributed by atoms with Crippen LogP contribution in [0.25, 0.3) is 0 Å². The van der Waals surface area contributed by atoms with Gasteiger partial charge >= 0.3 is 0 Å². The van der Waals surface area contributed by atoms with Gasteiger partial charge in [0.1, 0.15) is 5.60 Å². The monoisotopic (exact) mass is 182 g/mol. The highest BCUT2D eigenvalue weighted by atomic mass is 16.5. The number of ether oxygens (including phenoxy) is 1. The van der Waals surface area contributed by atoms with E-state index in [0.29, 0.717) is 19.4 Å². The lowest BCUT2D eigenvalue weighted by Gasteiger charge is -2.40. The largest absolute Gasteiger partial charge is 0.377 e. The van der Waals surface area contributed by atoms with Crippen LogP contribution in [0.1, 0.15) is 40.0 Å². The minimum Gasteiger partial charge on any atom is -0.377 e. The van der Waals surface area contributed by atoms with Crippen LogP contribution in [-0.4, -0.2) is 22.9 Å². The van der Waals surface area contributed by atoms with E-state index in [1.807, 2.05) is 6.92 Å². The van der Waals surface area contributed by atoms with E-state index in [9.17, 15) is 5.11 Å². The van der Waals surface area contributed by atoms with E-state index < -0.39 is 5.60 Å². The van der Waals surface area contributed by atoms with Crippen molar-refractivity contribution in [3.63, 3.8) is 0 Å². The summed E-state index contributed by atoms with van der Waals surface area (Å²) in [4.78, 5) is 0. The first-order chi connectivity index (χ1) is 6.04. The molecule has 0 aliphatic carbocycles. The third-order valence-electron chi connectivity index (χ3n) is 2.74. The maximum Gasteiger partial charge on any atom is 0.130 e. The van der Waals surface area contributed by atoms with Crippen LogP contribution in [0, 0.1) is 11.8 Å². The van der Waals surface area contributed by atoms with Gasteiger partial charge in [0.2, 0.25) is 0 Å². The SMILES string of the molecule is CC#CC1(O)CCOC(C)(CC)C1. The predicted octanol–water partition coefficient (Wildman–Crippen LogP) is 1.72. The molecule has 0 aromatic rings. The molecular formula is C11H18O2. The molecule has 74 valence electrons. The fourth-order valence-electron chi connectivity index (χ4n) is 1.79. The van der Waals surface area contributed by atoms with Gasteiger partial charge in [0.25, 0.3) is 0 Å². The van der Waals surface area contributed by atoms with Gasteiger partial charge in [-0.2, -0.15) is 0 Å². The molecule has 2 nitrogen and oxygen atoms in total. The maximum absolute atomic E-state index is 10.1. The Balaban J connectivity index is 2.74. The first-order valence-corrected chi connectivity index (χ1v) is 4.84. The molecule has 0 saturated carbocycles. The van der Waals surface area contributed by atoms with E-state index in [4.69, 9.17) is 4.74 Å². The summed E-state index contributed by atoms with van der Waals surface area (Å²) in [5, 5.41) is 10.1. The lowest BCUT2D eigenvalue weighted by Crippen LogP contribution is -2.46. The summed E-state index contributed by atoms with van der Waals surface area (Å²) in [5.41, 5.74) is -1.02. The molecule has 2 heteroatoms. The number of rotatable bonds is 1. The summed E-state index contributed by atoms with van der Waals surface area (Å²) in [6.07, 6.45) is 2.17. The summed E-state index contributed by atoms with van der Waals surface area (Å²) in [5.74, 6) is 5.66. The Morgan fingerprint density at radius 1 is 1.54 bits per heavy atom. The summed E-state index contributed by atoms with van der Waals surface area (Å²) in [6, 6.07) is 0. The van der Waals surface area contributed by atoms with Crippen molar-refractivity contribution >= 4 is 0 Å². The second-order valence-corrected chi connectivity index (χ2v) is 3.99. The Labute approximate surface area is 80.3 Å². The maximum atomic E-state index is 10.1. The van der Waals surface area contributed by atoms with Crippen LogP contribution in [-0.2, 0) is 4.74 Å². The molecule has 1 heterocycles. The highest BCUT2D eigenvalue weighted by Crippen LogP contribution is 2.33. The van der Waals surface area contributed by atoms with Crippen LogP contribution < -0.4 is 0 Å². The van der Waals surface area contributed by atoms with Crippen LogP contribution in [0.15, 0.2) is 0 Å². The van der Waals surface area contributed by atoms with Gasteiger partial charge in [-0.15, -0.1) is 5.92 Å². The zero-order chi connectivity index (χ0) is 9.95. The highest BCUT2D eigenvalue weighted by Gasteiger charge is 2.39. The fraction of sp³-hybridized carbons (Fsp3) is 0.818. The average Bonchev–Trinajstić information content (AvgIpc) is 2.04. The molecule has 1 aliphatic heterocycles. The van der Waals surface area contributed by atoms with Crippen LogP contribution in [0.2, 0.25) is 0 Å². The van der Waals surface area contributed by atoms with Crippen molar-refractivity contribution in [1.29, 1.82) is 0 Å². The zero-order valence-corrected chi connectivity index (χ0v) is 8.68. The molecule has 1 N–H and O–H groups in total. The Bertz CT molecular complexity index is 238. The van der Waals surface area contributed by atoms with Gasteiger partial charge < -0.3 is 9.84 Å². The normalized spacial score (nSPS) is 39.4. The summed E-state index contributed by atoms with van der Waals surface area (Å²) in [7, 11) is 0. The van der Waals surface area contributed by atoms with Gasteiger partial charge in [-0.1, -0.05) is 12.8 Å². The molecule has 1 rings (SSSR count). The van der Waals surface area contributed by atoms with Gasteiger partial charge in [-0.3, -0.25) is 0 Å². The molecule has 13 heavy (non-hydrogen) atoms. The lowest BCUT2D eigenvalue weighted by atomic mass is 9.82. The molecule has 0 amide bonds. The van der Waals surface area contributed by atoms with Gasteiger partial charge in [-0.25, -0.2) is 0 Å². The predicted molar refractivity (Wildman–Crippen MR) is 52.3 cm³/mol. The molecule has 1 saturated heterocycles. The average molecular weight is 182 g/mol. The van der Waals surface area contributed by atoms with E-state index in [1.54, 1.807) is 6.92 Å². The van der Waals surface area contributed by atoms with Crippen LogP contribution in [0.5, 0.6) is 0 Å². The minimum absolute atomic E-state index is 0.198. The Morgan fingerprint density at radius 2 is 2.23 bits per heavy atom. The molecule has 0 bridgehead atoms. The molecule has 1 aliphatic rings. The molecular weight excluding hydrogens is 164 g/mol. The number of aliphatic hydroxyl groups is 1. The Kier molecular flexibility index (Phi) is 3.00. The van der Waals surface area contributed by atoms with Crippen molar-refractivity contribution < 1.29 is 9.84 Å².